The van der Waals surface area contributed by atoms with E-state index in [0.717, 1.165) is 5.56 Å². The Balaban J connectivity index is 1.47. The number of benzene rings is 2. The van der Waals surface area contributed by atoms with Crippen molar-refractivity contribution in [2.24, 2.45) is 0 Å². The Hall–Kier alpha value is -1.66. The number of ether oxygens (including phenoxy) is 1. The quantitative estimate of drug-likeness (QED) is 0.801. The van der Waals surface area contributed by atoms with Gasteiger partial charge in [0, 0.05) is 11.5 Å². The van der Waals surface area contributed by atoms with Gasteiger partial charge >= 0.3 is 0 Å². The lowest BCUT2D eigenvalue weighted by molar-refractivity contribution is -0.123. The summed E-state index contributed by atoms with van der Waals surface area (Å²) in [4.78, 5) is 12.0. The van der Waals surface area contributed by atoms with Gasteiger partial charge in [0.1, 0.15) is 11.6 Å². The monoisotopic (exact) mass is 377 g/mol. The largest absolute Gasteiger partial charge is 0.484 e. The average molecular weight is 378 g/mol. The minimum absolute atomic E-state index is 0.0438. The number of nitrogens with one attached hydrogen (secondary N) is 1. The first kappa shape index (κ1) is 18.1. The summed E-state index contributed by atoms with van der Waals surface area (Å²) in [6.07, 6.45) is 0. The van der Waals surface area contributed by atoms with Gasteiger partial charge in [-0.3, -0.25) is 4.79 Å². The summed E-state index contributed by atoms with van der Waals surface area (Å²) in [7, 11) is 0. The van der Waals surface area contributed by atoms with E-state index in [1.165, 1.54) is 29.2 Å². The molecule has 0 radical (unpaired) electrons. The minimum atomic E-state index is -0.288. The molecule has 2 aromatic rings. The molecule has 0 aliphatic carbocycles. The van der Waals surface area contributed by atoms with Crippen LogP contribution in [0.1, 0.15) is 28.7 Å². The van der Waals surface area contributed by atoms with Crippen LogP contribution in [0.2, 0.25) is 0 Å². The van der Waals surface area contributed by atoms with Gasteiger partial charge in [0.25, 0.3) is 5.91 Å². The summed E-state index contributed by atoms with van der Waals surface area (Å²) < 4.78 is 19.0. The summed E-state index contributed by atoms with van der Waals surface area (Å²) in [5, 5.41) is 2.85. The van der Waals surface area contributed by atoms with Crippen LogP contribution in [0.5, 0.6) is 5.75 Å². The SMILES string of the molecule is C[C@H](NC(=O)COc1ccc(C2SCCS2)cc1)c1ccc(F)cc1. The molecule has 3 nitrogen and oxygen atoms in total. The molecule has 0 bridgehead atoms. The molecule has 6 heteroatoms. The van der Waals surface area contributed by atoms with Crippen LogP contribution >= 0.6 is 23.5 Å². The fourth-order valence-electron chi connectivity index (χ4n) is 2.54. The lowest BCUT2D eigenvalue weighted by atomic mass is 10.1. The molecule has 3 rings (SSSR count). The van der Waals surface area contributed by atoms with Crippen LogP contribution in [0.25, 0.3) is 0 Å². The Morgan fingerprint density at radius 1 is 1.16 bits per heavy atom. The number of carbonyl (C=O) groups excluding carboxylic acids is 1. The Kier molecular flexibility index (Phi) is 6.26. The molecule has 1 amide bonds. The van der Waals surface area contributed by atoms with E-state index < -0.39 is 0 Å². The highest BCUT2D eigenvalue weighted by molar-refractivity contribution is 8.19. The summed E-state index contributed by atoms with van der Waals surface area (Å²) in [6, 6.07) is 13.8. The molecule has 1 aliphatic rings. The van der Waals surface area contributed by atoms with Crippen molar-refractivity contribution in [3.8, 4) is 5.75 Å². The van der Waals surface area contributed by atoms with Crippen molar-refractivity contribution in [2.45, 2.75) is 17.5 Å². The van der Waals surface area contributed by atoms with E-state index in [-0.39, 0.29) is 24.4 Å². The number of rotatable bonds is 6. The minimum Gasteiger partial charge on any atom is -0.484 e. The zero-order chi connectivity index (χ0) is 17.6. The molecule has 1 heterocycles. The van der Waals surface area contributed by atoms with Gasteiger partial charge in [-0.25, -0.2) is 4.39 Å². The number of halogens is 1. The van der Waals surface area contributed by atoms with Crippen molar-refractivity contribution in [1.29, 1.82) is 0 Å². The molecule has 1 aliphatic heterocycles. The van der Waals surface area contributed by atoms with Crippen molar-refractivity contribution in [2.75, 3.05) is 18.1 Å². The van der Waals surface area contributed by atoms with Gasteiger partial charge in [-0.05, 0) is 42.3 Å². The van der Waals surface area contributed by atoms with E-state index in [2.05, 4.69) is 17.4 Å². The molecule has 0 aromatic heterocycles. The standard InChI is InChI=1S/C19H20FNO2S2/c1-13(14-2-6-16(20)7-3-14)21-18(22)12-23-17-8-4-15(5-9-17)19-24-10-11-25-19/h2-9,13,19H,10-12H2,1H3,(H,21,22)/t13-/m0/s1. The third-order valence-electron chi connectivity index (χ3n) is 3.89. The Bertz CT molecular complexity index is 700. The Morgan fingerprint density at radius 2 is 1.80 bits per heavy atom. The predicted octanol–water partition coefficient (Wildman–Crippen LogP) is 4.56. The fraction of sp³-hybridized carbons (Fsp3) is 0.316. The lowest BCUT2D eigenvalue weighted by Gasteiger charge is -2.15. The second-order valence-electron chi connectivity index (χ2n) is 5.77. The molecule has 1 atom stereocenters. The summed E-state index contributed by atoms with van der Waals surface area (Å²) in [5.74, 6) is 2.58. The lowest BCUT2D eigenvalue weighted by Crippen LogP contribution is -2.31. The Morgan fingerprint density at radius 3 is 2.44 bits per heavy atom. The number of amides is 1. The molecule has 1 saturated heterocycles. The molecule has 1 N–H and O–H groups in total. The van der Waals surface area contributed by atoms with Crippen molar-refractivity contribution >= 4 is 29.4 Å². The van der Waals surface area contributed by atoms with Crippen LogP contribution in [-0.4, -0.2) is 24.0 Å². The van der Waals surface area contributed by atoms with E-state index in [1.807, 2.05) is 42.6 Å². The summed E-state index contributed by atoms with van der Waals surface area (Å²) in [5.41, 5.74) is 2.14. The highest BCUT2D eigenvalue weighted by Gasteiger charge is 2.18. The first-order valence-corrected chi connectivity index (χ1v) is 10.2. The van der Waals surface area contributed by atoms with E-state index in [9.17, 15) is 9.18 Å². The first-order valence-electron chi connectivity index (χ1n) is 8.12. The summed E-state index contributed by atoms with van der Waals surface area (Å²) >= 11 is 3.92. The highest BCUT2D eigenvalue weighted by Crippen LogP contribution is 2.45. The smallest absolute Gasteiger partial charge is 0.258 e. The van der Waals surface area contributed by atoms with Crippen LogP contribution in [0.15, 0.2) is 48.5 Å². The van der Waals surface area contributed by atoms with Gasteiger partial charge in [-0.1, -0.05) is 24.3 Å². The normalized spacial score (nSPS) is 15.8. The molecule has 1 fully saturated rings. The van der Waals surface area contributed by atoms with Crippen LogP contribution < -0.4 is 10.1 Å². The molecular formula is C19H20FNO2S2. The maximum absolute atomic E-state index is 12.9. The zero-order valence-corrected chi connectivity index (χ0v) is 15.5. The van der Waals surface area contributed by atoms with Crippen LogP contribution in [0.3, 0.4) is 0 Å². The van der Waals surface area contributed by atoms with Gasteiger partial charge in [0.2, 0.25) is 0 Å². The molecule has 0 spiro atoms. The highest BCUT2D eigenvalue weighted by atomic mass is 32.2. The Labute approximate surface area is 155 Å². The van der Waals surface area contributed by atoms with E-state index >= 15 is 0 Å². The molecule has 0 saturated carbocycles. The molecular weight excluding hydrogens is 357 g/mol. The third-order valence-corrected chi connectivity index (χ3v) is 7.00. The molecule has 0 unspecified atom stereocenters. The van der Waals surface area contributed by atoms with E-state index in [1.54, 1.807) is 12.1 Å². The maximum Gasteiger partial charge on any atom is 0.258 e. The first-order chi connectivity index (χ1) is 12.1. The third kappa shape index (κ3) is 5.16. The summed E-state index contributed by atoms with van der Waals surface area (Å²) in [6.45, 7) is 1.81. The van der Waals surface area contributed by atoms with Crippen molar-refractivity contribution in [3.63, 3.8) is 0 Å². The predicted molar refractivity (Wildman–Crippen MR) is 103 cm³/mol. The van der Waals surface area contributed by atoms with Gasteiger partial charge in [0.05, 0.1) is 10.6 Å². The maximum atomic E-state index is 12.9. The van der Waals surface area contributed by atoms with Crippen LogP contribution in [-0.2, 0) is 4.79 Å². The van der Waals surface area contributed by atoms with E-state index in [0.29, 0.717) is 10.3 Å². The van der Waals surface area contributed by atoms with E-state index in [4.69, 9.17) is 4.74 Å². The fourth-order valence-corrected chi connectivity index (χ4v) is 5.40. The van der Waals surface area contributed by atoms with Gasteiger partial charge in [-0.2, -0.15) is 0 Å². The zero-order valence-electron chi connectivity index (χ0n) is 13.9. The van der Waals surface area contributed by atoms with Crippen molar-refractivity contribution < 1.29 is 13.9 Å². The molecule has 132 valence electrons. The van der Waals surface area contributed by atoms with Crippen LogP contribution in [0.4, 0.5) is 4.39 Å². The van der Waals surface area contributed by atoms with Gasteiger partial charge < -0.3 is 10.1 Å². The molecule has 2 aromatic carbocycles. The van der Waals surface area contributed by atoms with Gasteiger partial charge in [-0.15, -0.1) is 23.5 Å². The van der Waals surface area contributed by atoms with Gasteiger partial charge in [0.15, 0.2) is 6.61 Å². The average Bonchev–Trinajstić information content (AvgIpc) is 3.15. The number of hydrogen-bond acceptors (Lipinski definition) is 4. The van der Waals surface area contributed by atoms with Crippen LogP contribution in [0, 0.1) is 5.82 Å². The second-order valence-corrected chi connectivity index (χ2v) is 8.50. The topological polar surface area (TPSA) is 38.3 Å². The second kappa shape index (κ2) is 8.63. The number of hydrogen-bond donors (Lipinski definition) is 1. The number of carbonyl (C=O) groups is 1. The van der Waals surface area contributed by atoms with Crippen molar-refractivity contribution in [1.82, 2.24) is 5.32 Å². The molecule has 25 heavy (non-hydrogen) atoms. The van der Waals surface area contributed by atoms with Crippen molar-refractivity contribution in [3.05, 3.63) is 65.5 Å². The number of thioether (sulfide) groups is 2.